The minimum Gasteiger partial charge on any atom is -0.497 e. The van der Waals surface area contributed by atoms with Gasteiger partial charge in [-0.1, -0.05) is 12.1 Å². The van der Waals surface area contributed by atoms with Crippen LogP contribution in [0.4, 0.5) is 4.39 Å². The molecule has 0 radical (unpaired) electrons. The van der Waals surface area contributed by atoms with Crippen molar-refractivity contribution in [3.8, 4) is 23.1 Å². The second kappa shape index (κ2) is 5.22. The highest BCUT2D eigenvalue weighted by molar-refractivity contribution is 5.96. The first-order valence-corrected chi connectivity index (χ1v) is 6.36. The highest BCUT2D eigenvalue weighted by Crippen LogP contribution is 2.30. The van der Waals surface area contributed by atoms with Crippen LogP contribution in [0.1, 0.15) is 5.69 Å². The van der Waals surface area contributed by atoms with E-state index in [4.69, 9.17) is 10.00 Å². The van der Waals surface area contributed by atoms with Crippen LogP contribution in [-0.2, 0) is 0 Å². The molecule has 0 spiro atoms. The van der Waals surface area contributed by atoms with E-state index in [9.17, 15) is 4.39 Å². The zero-order chi connectivity index (χ0) is 14.8. The monoisotopic (exact) mass is 278 g/mol. The molecule has 2 aromatic carbocycles. The van der Waals surface area contributed by atoms with Crippen LogP contribution in [-0.4, -0.2) is 12.1 Å². The van der Waals surface area contributed by atoms with Gasteiger partial charge in [-0.2, -0.15) is 5.26 Å². The average molecular weight is 278 g/mol. The summed E-state index contributed by atoms with van der Waals surface area (Å²) in [6.07, 6.45) is 0. The van der Waals surface area contributed by atoms with E-state index in [1.807, 2.05) is 24.3 Å². The van der Waals surface area contributed by atoms with Crippen LogP contribution in [0.25, 0.3) is 22.0 Å². The first kappa shape index (κ1) is 13.1. The standard InChI is InChI=1S/C17H11FN2O/c1-21-15-5-6-16-12(9-15)8-14(10-19)20-17(16)11-3-2-4-13(18)7-11/h2-9H,1H3. The SMILES string of the molecule is COc1ccc2c(-c3cccc(F)c3)nc(C#N)cc2c1. The number of hydrogen-bond donors (Lipinski definition) is 0. The van der Waals surface area contributed by atoms with Gasteiger partial charge in [0.05, 0.1) is 12.8 Å². The van der Waals surface area contributed by atoms with Crippen molar-refractivity contribution in [3.05, 3.63) is 60.0 Å². The van der Waals surface area contributed by atoms with Gasteiger partial charge in [-0.05, 0) is 41.8 Å². The summed E-state index contributed by atoms with van der Waals surface area (Å²) in [5.41, 5.74) is 1.52. The van der Waals surface area contributed by atoms with E-state index < -0.39 is 0 Å². The first-order chi connectivity index (χ1) is 10.2. The Hall–Kier alpha value is -2.93. The second-order valence-electron chi connectivity index (χ2n) is 4.57. The van der Waals surface area contributed by atoms with E-state index in [1.165, 1.54) is 12.1 Å². The lowest BCUT2D eigenvalue weighted by Gasteiger charge is -2.08. The maximum atomic E-state index is 13.4. The van der Waals surface area contributed by atoms with Crippen molar-refractivity contribution in [2.75, 3.05) is 7.11 Å². The van der Waals surface area contributed by atoms with Gasteiger partial charge >= 0.3 is 0 Å². The fourth-order valence-corrected chi connectivity index (χ4v) is 2.28. The largest absolute Gasteiger partial charge is 0.497 e. The number of methoxy groups -OCH3 is 1. The Kier molecular flexibility index (Phi) is 3.25. The molecule has 3 rings (SSSR count). The van der Waals surface area contributed by atoms with Crippen LogP contribution >= 0.6 is 0 Å². The summed E-state index contributed by atoms with van der Waals surface area (Å²) < 4.78 is 18.6. The molecule has 3 nitrogen and oxygen atoms in total. The Morgan fingerprint density at radius 3 is 2.71 bits per heavy atom. The summed E-state index contributed by atoms with van der Waals surface area (Å²) in [4.78, 5) is 4.32. The highest BCUT2D eigenvalue weighted by Gasteiger charge is 2.10. The van der Waals surface area contributed by atoms with Crippen molar-refractivity contribution in [1.29, 1.82) is 5.26 Å². The minimum absolute atomic E-state index is 0.287. The van der Waals surface area contributed by atoms with E-state index in [0.29, 0.717) is 17.0 Å². The van der Waals surface area contributed by atoms with E-state index in [2.05, 4.69) is 4.98 Å². The Bertz CT molecular complexity index is 868. The van der Waals surface area contributed by atoms with Crippen LogP contribution < -0.4 is 4.74 Å². The first-order valence-electron chi connectivity index (χ1n) is 6.36. The molecule has 0 N–H and O–H groups in total. The lowest BCUT2D eigenvalue weighted by atomic mass is 10.0. The molecule has 0 fully saturated rings. The predicted octanol–water partition coefficient (Wildman–Crippen LogP) is 3.92. The number of fused-ring (bicyclic) bond motifs is 1. The molecule has 0 saturated carbocycles. The number of rotatable bonds is 2. The molecule has 1 heterocycles. The van der Waals surface area contributed by atoms with Crippen molar-refractivity contribution in [1.82, 2.24) is 4.98 Å². The Labute approximate surface area is 121 Å². The van der Waals surface area contributed by atoms with Crippen molar-refractivity contribution >= 4 is 10.8 Å². The number of benzene rings is 2. The maximum absolute atomic E-state index is 13.4. The molecular weight excluding hydrogens is 267 g/mol. The van der Waals surface area contributed by atoms with Crippen LogP contribution in [0.5, 0.6) is 5.75 Å². The second-order valence-corrected chi connectivity index (χ2v) is 4.57. The van der Waals surface area contributed by atoms with Crippen molar-refractivity contribution in [3.63, 3.8) is 0 Å². The molecule has 0 saturated heterocycles. The zero-order valence-corrected chi connectivity index (χ0v) is 11.3. The van der Waals surface area contributed by atoms with Gasteiger partial charge in [-0.25, -0.2) is 9.37 Å². The molecule has 102 valence electrons. The number of pyridine rings is 1. The molecule has 0 atom stereocenters. The fraction of sp³-hybridized carbons (Fsp3) is 0.0588. The van der Waals surface area contributed by atoms with Gasteiger partial charge in [0.25, 0.3) is 0 Å². The van der Waals surface area contributed by atoms with Crippen molar-refractivity contribution < 1.29 is 9.13 Å². The summed E-state index contributed by atoms with van der Waals surface area (Å²) in [6.45, 7) is 0. The average Bonchev–Trinajstić information content (AvgIpc) is 2.53. The van der Waals surface area contributed by atoms with Gasteiger partial charge in [-0.3, -0.25) is 0 Å². The van der Waals surface area contributed by atoms with Gasteiger partial charge in [0.15, 0.2) is 0 Å². The zero-order valence-electron chi connectivity index (χ0n) is 11.3. The molecule has 0 bridgehead atoms. The van der Waals surface area contributed by atoms with Crippen molar-refractivity contribution in [2.45, 2.75) is 0 Å². The Balaban J connectivity index is 2.33. The molecule has 0 aliphatic heterocycles. The van der Waals surface area contributed by atoms with E-state index in [-0.39, 0.29) is 11.5 Å². The topological polar surface area (TPSA) is 45.9 Å². The minimum atomic E-state index is -0.335. The molecule has 0 aliphatic rings. The quantitative estimate of drug-likeness (QED) is 0.713. The van der Waals surface area contributed by atoms with Crippen LogP contribution in [0, 0.1) is 17.1 Å². The summed E-state index contributed by atoms with van der Waals surface area (Å²) in [6, 6.07) is 15.4. The Morgan fingerprint density at radius 2 is 2.00 bits per heavy atom. The van der Waals surface area contributed by atoms with E-state index in [1.54, 1.807) is 25.3 Å². The highest BCUT2D eigenvalue weighted by atomic mass is 19.1. The van der Waals surface area contributed by atoms with Crippen LogP contribution in [0.3, 0.4) is 0 Å². The molecule has 0 amide bonds. The normalized spacial score (nSPS) is 10.3. The van der Waals surface area contributed by atoms with Crippen LogP contribution in [0.15, 0.2) is 48.5 Å². The molecule has 3 aromatic rings. The van der Waals surface area contributed by atoms with E-state index in [0.717, 1.165) is 10.8 Å². The van der Waals surface area contributed by atoms with E-state index >= 15 is 0 Å². The molecule has 0 unspecified atom stereocenters. The summed E-state index contributed by atoms with van der Waals surface area (Å²) >= 11 is 0. The molecule has 4 heteroatoms. The molecule has 21 heavy (non-hydrogen) atoms. The third kappa shape index (κ3) is 2.41. The van der Waals surface area contributed by atoms with Gasteiger partial charge < -0.3 is 4.74 Å². The van der Waals surface area contributed by atoms with Crippen molar-refractivity contribution in [2.24, 2.45) is 0 Å². The summed E-state index contributed by atoms with van der Waals surface area (Å²) in [7, 11) is 1.58. The molecule has 1 aromatic heterocycles. The third-order valence-corrected chi connectivity index (χ3v) is 3.25. The Morgan fingerprint density at radius 1 is 1.14 bits per heavy atom. The maximum Gasteiger partial charge on any atom is 0.141 e. The van der Waals surface area contributed by atoms with Gasteiger partial charge in [0, 0.05) is 10.9 Å². The number of halogens is 1. The van der Waals surface area contributed by atoms with Gasteiger partial charge in [0.2, 0.25) is 0 Å². The lowest BCUT2D eigenvalue weighted by Crippen LogP contribution is -1.92. The predicted molar refractivity (Wildman–Crippen MR) is 78.4 cm³/mol. The summed E-state index contributed by atoms with van der Waals surface area (Å²) in [5, 5.41) is 10.8. The van der Waals surface area contributed by atoms with Gasteiger partial charge in [0.1, 0.15) is 23.3 Å². The van der Waals surface area contributed by atoms with Crippen LogP contribution in [0.2, 0.25) is 0 Å². The fourth-order valence-electron chi connectivity index (χ4n) is 2.28. The number of nitriles is 1. The molecular formula is C17H11FN2O. The summed E-state index contributed by atoms with van der Waals surface area (Å²) in [5.74, 6) is 0.362. The smallest absolute Gasteiger partial charge is 0.141 e. The van der Waals surface area contributed by atoms with Gasteiger partial charge in [-0.15, -0.1) is 0 Å². The number of aromatic nitrogens is 1. The number of ether oxygens (including phenoxy) is 1. The molecule has 0 aliphatic carbocycles. The number of hydrogen-bond acceptors (Lipinski definition) is 3. The third-order valence-electron chi connectivity index (χ3n) is 3.25. The number of nitrogens with zero attached hydrogens (tertiary/aromatic N) is 2. The lowest BCUT2D eigenvalue weighted by molar-refractivity contribution is 0.415.